The van der Waals surface area contributed by atoms with Gasteiger partial charge in [-0.3, -0.25) is 4.79 Å². The quantitative estimate of drug-likeness (QED) is 0.474. The molecule has 7 nitrogen and oxygen atoms in total. The first-order valence-electron chi connectivity index (χ1n) is 9.51. The zero-order valence-electron chi connectivity index (χ0n) is 16.9. The molecular formula is C23H21N3O4. The van der Waals surface area contributed by atoms with Crippen LogP contribution in [-0.2, 0) is 9.53 Å². The molecule has 0 unspecified atom stereocenters. The van der Waals surface area contributed by atoms with Crippen LogP contribution in [0.15, 0.2) is 59.1 Å². The molecule has 0 saturated carbocycles. The first-order chi connectivity index (χ1) is 14.4. The van der Waals surface area contributed by atoms with Gasteiger partial charge in [0.1, 0.15) is 11.5 Å². The molecule has 0 aliphatic rings. The Morgan fingerprint density at radius 2 is 1.83 bits per heavy atom. The highest BCUT2D eigenvalue weighted by atomic mass is 16.5. The summed E-state index contributed by atoms with van der Waals surface area (Å²) in [6.07, 6.45) is -1.15. The molecule has 152 valence electrons. The molecule has 2 N–H and O–H groups in total. The van der Waals surface area contributed by atoms with Crippen molar-refractivity contribution in [2.75, 3.05) is 5.32 Å². The van der Waals surface area contributed by atoms with E-state index in [2.05, 4.69) is 15.5 Å². The zero-order chi connectivity index (χ0) is 21.3. The molecule has 0 spiro atoms. The van der Waals surface area contributed by atoms with Gasteiger partial charge in [-0.2, -0.15) is 0 Å². The van der Waals surface area contributed by atoms with E-state index in [1.54, 1.807) is 43.3 Å². The smallest absolute Gasteiger partial charge is 0.355 e. The first kappa shape index (κ1) is 19.4. The Bertz CT molecular complexity index is 1220. The molecule has 4 aromatic rings. The number of carbonyl (C=O) groups excluding carboxylic acids is 2. The van der Waals surface area contributed by atoms with E-state index in [9.17, 15) is 9.59 Å². The van der Waals surface area contributed by atoms with Gasteiger partial charge >= 0.3 is 5.97 Å². The van der Waals surface area contributed by atoms with Crippen molar-refractivity contribution in [3.8, 4) is 0 Å². The summed E-state index contributed by atoms with van der Waals surface area (Å²) in [6, 6.07) is 16.2. The molecule has 0 saturated heterocycles. The first-order valence-corrected chi connectivity index (χ1v) is 9.51. The number of aryl methyl sites for hydroxylation is 3. The molecule has 2 heterocycles. The zero-order valence-corrected chi connectivity index (χ0v) is 16.9. The minimum Gasteiger partial charge on any atom is -0.443 e. The molecule has 0 radical (unpaired) electrons. The topological polar surface area (TPSA) is 97.2 Å². The molecule has 0 aliphatic carbocycles. The summed E-state index contributed by atoms with van der Waals surface area (Å²) in [5.74, 6) is -0.330. The third-order valence-corrected chi connectivity index (χ3v) is 4.75. The number of nitrogens with one attached hydrogen (secondary N) is 2. The fourth-order valence-electron chi connectivity index (χ4n) is 3.40. The number of esters is 1. The molecule has 1 amide bonds. The monoisotopic (exact) mass is 403 g/mol. The minimum absolute atomic E-state index is 0.256. The van der Waals surface area contributed by atoms with Crippen molar-refractivity contribution in [2.45, 2.75) is 26.9 Å². The lowest BCUT2D eigenvalue weighted by Crippen LogP contribution is -2.26. The van der Waals surface area contributed by atoms with Crippen molar-refractivity contribution in [1.29, 1.82) is 0 Å². The second kappa shape index (κ2) is 7.87. The van der Waals surface area contributed by atoms with E-state index in [0.29, 0.717) is 11.3 Å². The van der Waals surface area contributed by atoms with Crippen molar-refractivity contribution < 1.29 is 18.8 Å². The number of nitrogens with zero attached hydrogens (tertiary/aromatic N) is 1. The molecule has 2 aromatic carbocycles. The van der Waals surface area contributed by atoms with Crippen LogP contribution in [0.2, 0.25) is 0 Å². The van der Waals surface area contributed by atoms with Gasteiger partial charge in [-0.15, -0.1) is 0 Å². The summed E-state index contributed by atoms with van der Waals surface area (Å²) in [5.41, 5.74) is 3.82. The fraction of sp³-hybridized carbons (Fsp3) is 0.174. The van der Waals surface area contributed by atoms with Gasteiger partial charge < -0.3 is 19.6 Å². The number of hydrogen-bond acceptors (Lipinski definition) is 5. The molecule has 7 heteroatoms. The highest BCUT2D eigenvalue weighted by Gasteiger charge is 2.27. The van der Waals surface area contributed by atoms with Crippen LogP contribution in [0.3, 0.4) is 0 Å². The van der Waals surface area contributed by atoms with E-state index < -0.39 is 18.0 Å². The highest BCUT2D eigenvalue weighted by Crippen LogP contribution is 2.25. The van der Waals surface area contributed by atoms with E-state index in [1.807, 2.05) is 32.0 Å². The number of rotatable bonds is 5. The summed E-state index contributed by atoms with van der Waals surface area (Å²) in [4.78, 5) is 28.9. The second-order valence-electron chi connectivity index (χ2n) is 7.23. The number of anilines is 1. The number of fused-ring (bicyclic) bond motifs is 1. The molecule has 1 atom stereocenters. The molecule has 2 aromatic heterocycles. The van der Waals surface area contributed by atoms with Crippen LogP contribution in [0.1, 0.15) is 39.0 Å². The number of aromatic amines is 1. The Kier molecular flexibility index (Phi) is 5.10. The maximum Gasteiger partial charge on any atom is 0.355 e. The average molecular weight is 403 g/mol. The maximum atomic E-state index is 12.9. The second-order valence-corrected chi connectivity index (χ2v) is 7.23. The standard InChI is InChI=1S/C23H21N3O4/c1-13-9-14(2)17-12-19(24-18(17)10-13)23(28)29-21(16-7-5-4-6-8-16)22(27)25-20-11-15(3)30-26-20/h4-12,21,24H,1-3H3,(H,25,26,27)/t21-/m1/s1. The summed E-state index contributed by atoms with van der Waals surface area (Å²) in [5, 5.41) is 7.33. The molecule has 0 fully saturated rings. The number of hydrogen-bond donors (Lipinski definition) is 2. The number of benzene rings is 2. The van der Waals surface area contributed by atoms with Crippen LogP contribution >= 0.6 is 0 Å². The van der Waals surface area contributed by atoms with Gasteiger partial charge in [-0.25, -0.2) is 4.79 Å². The van der Waals surface area contributed by atoms with Gasteiger partial charge in [0.25, 0.3) is 5.91 Å². The van der Waals surface area contributed by atoms with E-state index in [-0.39, 0.29) is 11.5 Å². The lowest BCUT2D eigenvalue weighted by molar-refractivity contribution is -0.125. The third kappa shape index (κ3) is 3.96. The van der Waals surface area contributed by atoms with Gasteiger partial charge in [-0.1, -0.05) is 41.6 Å². The van der Waals surface area contributed by atoms with Crippen LogP contribution in [-0.4, -0.2) is 22.0 Å². The molecular weight excluding hydrogens is 382 g/mol. The van der Waals surface area contributed by atoms with Gasteiger partial charge in [0.05, 0.1) is 0 Å². The van der Waals surface area contributed by atoms with E-state index in [0.717, 1.165) is 22.0 Å². The van der Waals surface area contributed by atoms with Gasteiger partial charge in [0.15, 0.2) is 5.82 Å². The van der Waals surface area contributed by atoms with E-state index in [1.165, 1.54) is 0 Å². The van der Waals surface area contributed by atoms with Crippen molar-refractivity contribution >= 4 is 28.6 Å². The number of aromatic nitrogens is 2. The number of H-pyrrole nitrogens is 1. The Hall–Kier alpha value is -3.87. The lowest BCUT2D eigenvalue weighted by Gasteiger charge is -2.16. The SMILES string of the molecule is Cc1cc(C)c2cc(C(=O)O[C@@H](C(=O)Nc3cc(C)on3)c3ccccc3)[nH]c2c1. The largest absolute Gasteiger partial charge is 0.443 e. The van der Waals surface area contributed by atoms with Crippen molar-refractivity contribution in [1.82, 2.24) is 10.1 Å². The van der Waals surface area contributed by atoms with Crippen molar-refractivity contribution in [3.05, 3.63) is 82.7 Å². The number of amides is 1. The predicted molar refractivity (Wildman–Crippen MR) is 112 cm³/mol. The number of ether oxygens (including phenoxy) is 1. The highest BCUT2D eigenvalue weighted by molar-refractivity contribution is 5.99. The van der Waals surface area contributed by atoms with E-state index >= 15 is 0 Å². The number of carbonyl (C=O) groups is 2. The van der Waals surface area contributed by atoms with Crippen molar-refractivity contribution in [2.24, 2.45) is 0 Å². The van der Waals surface area contributed by atoms with Crippen LogP contribution in [0.25, 0.3) is 10.9 Å². The molecule has 4 rings (SSSR count). The van der Waals surface area contributed by atoms with Crippen LogP contribution in [0.5, 0.6) is 0 Å². The predicted octanol–water partition coefficient (Wildman–Crippen LogP) is 4.62. The Morgan fingerprint density at radius 1 is 1.07 bits per heavy atom. The third-order valence-electron chi connectivity index (χ3n) is 4.75. The van der Waals surface area contributed by atoms with Gasteiger partial charge in [0, 0.05) is 22.5 Å². The normalized spacial score (nSPS) is 12.0. The summed E-state index contributed by atoms with van der Waals surface area (Å²) in [7, 11) is 0. The minimum atomic E-state index is -1.15. The van der Waals surface area contributed by atoms with Crippen molar-refractivity contribution in [3.63, 3.8) is 0 Å². The van der Waals surface area contributed by atoms with Gasteiger partial charge in [0.2, 0.25) is 6.10 Å². The summed E-state index contributed by atoms with van der Waals surface area (Å²) < 4.78 is 10.6. The summed E-state index contributed by atoms with van der Waals surface area (Å²) in [6.45, 7) is 5.70. The van der Waals surface area contributed by atoms with Crippen LogP contribution < -0.4 is 5.32 Å². The van der Waals surface area contributed by atoms with E-state index in [4.69, 9.17) is 9.26 Å². The maximum absolute atomic E-state index is 12.9. The van der Waals surface area contributed by atoms with Crippen LogP contribution in [0, 0.1) is 20.8 Å². The summed E-state index contributed by atoms with van der Waals surface area (Å²) >= 11 is 0. The molecule has 30 heavy (non-hydrogen) atoms. The van der Waals surface area contributed by atoms with Crippen LogP contribution in [0.4, 0.5) is 5.82 Å². The Morgan fingerprint density at radius 3 is 2.53 bits per heavy atom. The molecule has 0 bridgehead atoms. The Labute approximate surface area is 173 Å². The lowest BCUT2D eigenvalue weighted by atomic mass is 10.1. The Balaban J connectivity index is 1.62. The van der Waals surface area contributed by atoms with Gasteiger partial charge in [-0.05, 0) is 44.0 Å². The average Bonchev–Trinajstić information content (AvgIpc) is 3.32. The molecule has 0 aliphatic heterocycles. The fourth-order valence-corrected chi connectivity index (χ4v) is 3.40.